The Labute approximate surface area is 109 Å². The molecule has 0 radical (unpaired) electrons. The summed E-state index contributed by atoms with van der Waals surface area (Å²) in [6.07, 6.45) is 1.43. The zero-order chi connectivity index (χ0) is 15.2. The van der Waals surface area contributed by atoms with Crippen molar-refractivity contribution in [1.82, 2.24) is 10.2 Å². The summed E-state index contributed by atoms with van der Waals surface area (Å²) in [5, 5.41) is 3.24. The lowest BCUT2D eigenvalue weighted by Crippen LogP contribution is -2.64. The highest BCUT2D eigenvalue weighted by Crippen LogP contribution is 2.14. The fourth-order valence-electron chi connectivity index (χ4n) is 0.803. The van der Waals surface area contributed by atoms with Crippen molar-refractivity contribution in [1.29, 1.82) is 0 Å². The van der Waals surface area contributed by atoms with Gasteiger partial charge in [-0.3, -0.25) is 9.11 Å². The molecule has 10 heteroatoms. The Bertz CT molecular complexity index is 379. The molecule has 3 N–H and O–H groups in total. The lowest BCUT2D eigenvalue weighted by molar-refractivity contribution is 0.106. The highest BCUT2D eigenvalue weighted by Gasteiger charge is 2.33. The summed E-state index contributed by atoms with van der Waals surface area (Å²) in [5.41, 5.74) is 0.444. The molecule has 0 unspecified atom stereocenters. The van der Waals surface area contributed by atoms with Gasteiger partial charge in [0.05, 0.1) is 12.5 Å². The van der Waals surface area contributed by atoms with E-state index in [2.05, 4.69) is 31.2 Å². The van der Waals surface area contributed by atoms with Gasteiger partial charge in [0.25, 0.3) is 20.2 Å². The Morgan fingerprint density at radius 2 is 1.22 bits per heavy atom. The summed E-state index contributed by atoms with van der Waals surface area (Å²) < 4.78 is 51.7. The second kappa shape index (κ2) is 7.36. The van der Waals surface area contributed by atoms with Crippen molar-refractivity contribution < 1.29 is 25.9 Å². The van der Waals surface area contributed by atoms with Crippen molar-refractivity contribution in [2.24, 2.45) is 0 Å². The Morgan fingerprint density at radius 1 is 1.00 bits per heavy atom. The monoisotopic (exact) mass is 306 g/mol. The van der Waals surface area contributed by atoms with Gasteiger partial charge in [-0.05, 0) is 21.0 Å². The molecule has 0 aliphatic carbocycles. The molecule has 18 heavy (non-hydrogen) atoms. The molecule has 0 saturated carbocycles. The van der Waals surface area contributed by atoms with E-state index >= 15 is 0 Å². The summed E-state index contributed by atoms with van der Waals surface area (Å²) >= 11 is 0. The van der Waals surface area contributed by atoms with Crippen LogP contribution in [0.2, 0.25) is 0 Å². The lowest BCUT2D eigenvalue weighted by Gasteiger charge is -2.44. The van der Waals surface area contributed by atoms with Crippen LogP contribution in [0.15, 0.2) is 0 Å². The molecule has 1 heterocycles. The minimum absolute atomic E-state index is 0.444. The van der Waals surface area contributed by atoms with E-state index in [0.717, 1.165) is 13.1 Å². The molecule has 0 spiro atoms. The van der Waals surface area contributed by atoms with Crippen molar-refractivity contribution in [3.8, 4) is 0 Å². The molecule has 0 atom stereocenters. The Kier molecular flexibility index (Phi) is 8.20. The van der Waals surface area contributed by atoms with Gasteiger partial charge < -0.3 is 10.2 Å². The molecule has 0 aromatic rings. The summed E-state index contributed by atoms with van der Waals surface area (Å²) in [5.74, 6) is 0. The number of likely N-dealkylation sites (N-methyl/N-ethyl adjacent to an activating group) is 1. The van der Waals surface area contributed by atoms with E-state index in [4.69, 9.17) is 9.11 Å². The van der Waals surface area contributed by atoms with E-state index in [0.29, 0.717) is 18.1 Å². The molecule has 0 bridgehead atoms. The van der Waals surface area contributed by atoms with Gasteiger partial charge in [-0.25, -0.2) is 0 Å². The van der Waals surface area contributed by atoms with Crippen LogP contribution in [0, 0.1) is 0 Å². The van der Waals surface area contributed by atoms with Crippen LogP contribution in [-0.4, -0.2) is 76.1 Å². The Morgan fingerprint density at radius 3 is 1.22 bits per heavy atom. The second-order valence-corrected chi connectivity index (χ2v) is 7.39. The quantitative estimate of drug-likeness (QED) is 0.522. The van der Waals surface area contributed by atoms with Crippen LogP contribution >= 0.6 is 0 Å². The normalized spacial score (nSPS) is 17.8. The SMILES string of the molecule is CN(C)C1(C)CNC1.CS(=O)(=O)O.CS(=O)(=O)O. The third-order valence-electron chi connectivity index (χ3n) is 2.09. The first-order valence-corrected chi connectivity index (χ1v) is 8.58. The van der Waals surface area contributed by atoms with Crippen LogP contribution < -0.4 is 5.32 Å². The van der Waals surface area contributed by atoms with Crippen molar-refractivity contribution in [3.05, 3.63) is 0 Å². The molecule has 1 aliphatic rings. The standard InChI is InChI=1S/C6H14N2.2CH4O3S/c1-6(8(2)3)4-7-5-6;2*1-5(2,3)4/h7H,4-5H2,1-3H3;2*1H3,(H,2,3,4). The maximum atomic E-state index is 9.19. The molecule has 8 nitrogen and oxygen atoms in total. The molecule has 0 aromatic heterocycles. The number of nitrogens with zero attached hydrogens (tertiary/aromatic N) is 1. The maximum absolute atomic E-state index is 9.19. The average molecular weight is 306 g/mol. The third kappa shape index (κ3) is 18.1. The van der Waals surface area contributed by atoms with Gasteiger partial charge >= 0.3 is 0 Å². The summed E-state index contributed by atoms with van der Waals surface area (Å²) in [6.45, 7) is 4.55. The van der Waals surface area contributed by atoms with Gasteiger partial charge in [0.1, 0.15) is 0 Å². The molecule has 1 fully saturated rings. The largest absolute Gasteiger partial charge is 0.313 e. The first kappa shape index (κ1) is 20.1. The fraction of sp³-hybridized carbons (Fsp3) is 1.00. The van der Waals surface area contributed by atoms with E-state index in [1.165, 1.54) is 0 Å². The predicted molar refractivity (Wildman–Crippen MR) is 69.9 cm³/mol. The third-order valence-corrected chi connectivity index (χ3v) is 2.09. The van der Waals surface area contributed by atoms with Crippen molar-refractivity contribution >= 4 is 20.2 Å². The van der Waals surface area contributed by atoms with Crippen LogP contribution in [0.1, 0.15) is 6.92 Å². The Hall–Kier alpha value is -0.260. The highest BCUT2D eigenvalue weighted by atomic mass is 32.2. The van der Waals surface area contributed by atoms with Crippen LogP contribution in [0.25, 0.3) is 0 Å². The number of rotatable bonds is 1. The van der Waals surface area contributed by atoms with E-state index < -0.39 is 20.2 Å². The van der Waals surface area contributed by atoms with Gasteiger partial charge in [0, 0.05) is 18.6 Å². The molecule has 1 aliphatic heterocycles. The van der Waals surface area contributed by atoms with E-state index in [9.17, 15) is 16.8 Å². The summed E-state index contributed by atoms with van der Waals surface area (Å²) in [4.78, 5) is 2.27. The average Bonchev–Trinajstić information content (AvgIpc) is 1.92. The van der Waals surface area contributed by atoms with Gasteiger partial charge in [-0.15, -0.1) is 0 Å². The fourth-order valence-corrected chi connectivity index (χ4v) is 0.803. The molecular weight excluding hydrogens is 284 g/mol. The van der Waals surface area contributed by atoms with Crippen LogP contribution in [0.4, 0.5) is 0 Å². The highest BCUT2D eigenvalue weighted by molar-refractivity contribution is 7.85. The van der Waals surface area contributed by atoms with Crippen LogP contribution in [0.3, 0.4) is 0 Å². The molecule has 1 rings (SSSR count). The maximum Gasteiger partial charge on any atom is 0.261 e. The molecule has 0 amide bonds. The number of hydrogen-bond acceptors (Lipinski definition) is 6. The number of nitrogens with one attached hydrogen (secondary N) is 1. The van der Waals surface area contributed by atoms with Gasteiger partial charge in [-0.1, -0.05) is 0 Å². The second-order valence-electron chi connectivity index (χ2n) is 4.46. The molecule has 112 valence electrons. The number of hydrogen-bond donors (Lipinski definition) is 3. The van der Waals surface area contributed by atoms with Crippen LogP contribution in [0.5, 0.6) is 0 Å². The minimum Gasteiger partial charge on any atom is -0.313 e. The first-order chi connectivity index (χ1) is 7.65. The van der Waals surface area contributed by atoms with Crippen LogP contribution in [-0.2, 0) is 20.2 Å². The zero-order valence-electron chi connectivity index (χ0n) is 11.2. The van der Waals surface area contributed by atoms with Crippen molar-refractivity contribution in [2.75, 3.05) is 39.7 Å². The van der Waals surface area contributed by atoms with Gasteiger partial charge in [-0.2, -0.15) is 16.8 Å². The Balaban J connectivity index is 0. The zero-order valence-corrected chi connectivity index (χ0v) is 12.8. The van der Waals surface area contributed by atoms with Gasteiger partial charge in [0.2, 0.25) is 0 Å². The lowest BCUT2D eigenvalue weighted by atomic mass is 9.94. The minimum atomic E-state index is -3.67. The van der Waals surface area contributed by atoms with Crippen molar-refractivity contribution in [2.45, 2.75) is 12.5 Å². The van der Waals surface area contributed by atoms with E-state index in [1.807, 2.05) is 0 Å². The van der Waals surface area contributed by atoms with Gasteiger partial charge in [0.15, 0.2) is 0 Å². The molecule has 1 saturated heterocycles. The molecular formula is C8H22N2O6S2. The predicted octanol–water partition coefficient (Wildman–Crippen LogP) is -1.08. The van der Waals surface area contributed by atoms with E-state index in [-0.39, 0.29) is 0 Å². The molecule has 0 aromatic carbocycles. The summed E-state index contributed by atoms with van der Waals surface area (Å²) in [6, 6.07) is 0. The topological polar surface area (TPSA) is 124 Å². The first-order valence-electron chi connectivity index (χ1n) is 4.88. The smallest absolute Gasteiger partial charge is 0.261 e. The van der Waals surface area contributed by atoms with Crippen molar-refractivity contribution in [3.63, 3.8) is 0 Å². The summed E-state index contributed by atoms with van der Waals surface area (Å²) in [7, 11) is -3.08. The van der Waals surface area contributed by atoms with E-state index in [1.54, 1.807) is 0 Å².